The van der Waals surface area contributed by atoms with Crippen LogP contribution in [-0.2, 0) is 45.8 Å². The smallest absolute Gasteiger partial charge is 0 e. The Balaban J connectivity index is 0.000000284. The van der Waals surface area contributed by atoms with Gasteiger partial charge in [0.1, 0.15) is 0 Å². The first kappa shape index (κ1) is 16.5. The van der Waals surface area contributed by atoms with Crippen molar-refractivity contribution >= 4 is 0 Å². The second-order valence-electron chi connectivity index (χ2n) is 3.22. The van der Waals surface area contributed by atoms with Gasteiger partial charge in [0.25, 0.3) is 0 Å². The largest absolute Gasteiger partial charge is 0.328 e. The molecule has 0 aliphatic carbocycles. The van der Waals surface area contributed by atoms with Crippen LogP contribution in [0.15, 0.2) is 48.5 Å². The van der Waals surface area contributed by atoms with Crippen LogP contribution in [0.3, 0.4) is 0 Å². The van der Waals surface area contributed by atoms with Crippen LogP contribution in [0, 0.1) is 12.1 Å². The van der Waals surface area contributed by atoms with Gasteiger partial charge in [-0.15, -0.1) is 11.1 Å². The van der Waals surface area contributed by atoms with Gasteiger partial charge in [-0.3, -0.25) is 0 Å². The van der Waals surface area contributed by atoms with Crippen molar-refractivity contribution in [3.8, 4) is 0 Å². The molecule has 87 valence electrons. The molecule has 0 saturated heterocycles. The van der Waals surface area contributed by atoms with Crippen LogP contribution in [0.5, 0.6) is 0 Å². The molecule has 0 saturated carbocycles. The van der Waals surface area contributed by atoms with Crippen LogP contribution >= 0.6 is 0 Å². The summed E-state index contributed by atoms with van der Waals surface area (Å²) in [6.07, 6.45) is 0. The Morgan fingerprint density at radius 2 is 1.00 bits per heavy atom. The van der Waals surface area contributed by atoms with Crippen molar-refractivity contribution in [3.63, 3.8) is 0 Å². The van der Waals surface area contributed by atoms with Crippen LogP contribution in [0.2, 0.25) is 0 Å². The van der Waals surface area contributed by atoms with Gasteiger partial charge in [0.2, 0.25) is 0 Å². The predicted octanol–water partition coefficient (Wildman–Crippen LogP) is 1.89. The average Bonchev–Trinajstić information content (AvgIpc) is 2.41. The summed E-state index contributed by atoms with van der Waals surface area (Å²) in [5.41, 5.74) is 13.0. The number of nitrogens with two attached hydrogens (primary N) is 2. The summed E-state index contributed by atoms with van der Waals surface area (Å²) < 4.78 is 0. The molecule has 0 bridgehead atoms. The molecule has 0 aliphatic heterocycles. The fourth-order valence-electron chi connectivity index (χ4n) is 1.11. The maximum absolute atomic E-state index is 5.34. The molecular weight excluding hydrogens is 285 g/mol. The van der Waals surface area contributed by atoms with E-state index < -0.39 is 0 Å². The summed E-state index contributed by atoms with van der Waals surface area (Å²) in [7, 11) is 0. The van der Waals surface area contributed by atoms with Gasteiger partial charge in [-0.1, -0.05) is 0 Å². The standard InChI is InChI=1S/2C7H8N.Y/c2*8-6-7-4-2-1-3-5-7;/h2*2-5H,6,8H2;/q2*-1;. The number of rotatable bonds is 2. The van der Waals surface area contributed by atoms with Crippen molar-refractivity contribution in [2.24, 2.45) is 11.5 Å². The van der Waals surface area contributed by atoms with Gasteiger partial charge in [-0.25, -0.2) is 0 Å². The van der Waals surface area contributed by atoms with E-state index in [4.69, 9.17) is 11.5 Å². The van der Waals surface area contributed by atoms with E-state index in [-0.39, 0.29) is 32.7 Å². The van der Waals surface area contributed by atoms with Crippen molar-refractivity contribution in [1.82, 2.24) is 0 Å². The van der Waals surface area contributed by atoms with Crippen LogP contribution < -0.4 is 11.5 Å². The van der Waals surface area contributed by atoms with Crippen molar-refractivity contribution in [1.29, 1.82) is 0 Å². The molecule has 0 spiro atoms. The van der Waals surface area contributed by atoms with Crippen LogP contribution in [0.1, 0.15) is 11.1 Å². The normalized spacial score (nSPS) is 8.59. The molecule has 17 heavy (non-hydrogen) atoms. The fourth-order valence-corrected chi connectivity index (χ4v) is 1.11. The van der Waals surface area contributed by atoms with Gasteiger partial charge in [0.15, 0.2) is 0 Å². The van der Waals surface area contributed by atoms with Crippen molar-refractivity contribution < 1.29 is 32.7 Å². The summed E-state index contributed by atoms with van der Waals surface area (Å²) in [6, 6.07) is 21.1. The minimum Gasteiger partial charge on any atom is -0.328 e. The third kappa shape index (κ3) is 7.40. The zero-order chi connectivity index (χ0) is 11.6. The Morgan fingerprint density at radius 1 is 0.706 bits per heavy atom. The minimum absolute atomic E-state index is 0. The first-order chi connectivity index (χ1) is 7.86. The Hall–Kier alpha value is -0.536. The molecule has 0 heterocycles. The molecule has 4 N–H and O–H groups in total. The summed E-state index contributed by atoms with van der Waals surface area (Å²) in [4.78, 5) is 0. The number of benzene rings is 2. The summed E-state index contributed by atoms with van der Waals surface area (Å²) in [6.45, 7) is 1.24. The number of hydrogen-bond acceptors (Lipinski definition) is 2. The quantitative estimate of drug-likeness (QED) is 0.832. The molecule has 0 fully saturated rings. The van der Waals surface area contributed by atoms with Crippen LogP contribution in [0.4, 0.5) is 0 Å². The molecule has 1 radical (unpaired) electrons. The van der Waals surface area contributed by atoms with E-state index in [1.165, 1.54) is 0 Å². The van der Waals surface area contributed by atoms with Gasteiger partial charge < -0.3 is 11.5 Å². The van der Waals surface area contributed by atoms with E-state index in [9.17, 15) is 0 Å². The fraction of sp³-hybridized carbons (Fsp3) is 0.143. The Bertz CT molecular complexity index is 336. The molecule has 0 aliphatic rings. The second kappa shape index (κ2) is 10.6. The third-order valence-corrected chi connectivity index (χ3v) is 2.05. The Kier molecular flexibility index (Phi) is 10.3. The topological polar surface area (TPSA) is 52.0 Å². The van der Waals surface area contributed by atoms with E-state index in [0.717, 1.165) is 11.1 Å². The van der Waals surface area contributed by atoms with E-state index in [0.29, 0.717) is 13.1 Å². The maximum Gasteiger partial charge on any atom is 0 e. The molecule has 2 nitrogen and oxygen atoms in total. The minimum atomic E-state index is 0. The van der Waals surface area contributed by atoms with Gasteiger partial charge >= 0.3 is 0 Å². The van der Waals surface area contributed by atoms with Gasteiger partial charge in [-0.2, -0.15) is 60.7 Å². The van der Waals surface area contributed by atoms with E-state index in [2.05, 4.69) is 12.1 Å². The monoisotopic (exact) mass is 301 g/mol. The SMILES string of the molecule is NCc1cc[c-]cc1.NCc1cc[c-]cc1.[Y]. The predicted molar refractivity (Wildman–Crippen MR) is 66.3 cm³/mol. The zero-order valence-electron chi connectivity index (χ0n) is 9.77. The zero-order valence-corrected chi connectivity index (χ0v) is 12.6. The summed E-state index contributed by atoms with van der Waals surface area (Å²) >= 11 is 0. The molecule has 0 amide bonds. The molecular formula is C14H16N2Y-2. The third-order valence-electron chi connectivity index (χ3n) is 2.05. The summed E-state index contributed by atoms with van der Waals surface area (Å²) in [5.74, 6) is 0. The average molecular weight is 301 g/mol. The molecule has 0 unspecified atom stereocenters. The van der Waals surface area contributed by atoms with E-state index in [1.54, 1.807) is 0 Å². The van der Waals surface area contributed by atoms with Crippen molar-refractivity contribution in [2.45, 2.75) is 13.1 Å². The first-order valence-electron chi connectivity index (χ1n) is 5.17. The van der Waals surface area contributed by atoms with Gasteiger partial charge in [0, 0.05) is 32.7 Å². The summed E-state index contributed by atoms with van der Waals surface area (Å²) in [5, 5.41) is 0. The first-order valence-corrected chi connectivity index (χ1v) is 5.17. The molecule has 0 aromatic heterocycles. The second-order valence-corrected chi connectivity index (χ2v) is 3.22. The molecule has 0 atom stereocenters. The molecule has 2 rings (SSSR count). The Morgan fingerprint density at radius 3 is 1.18 bits per heavy atom. The van der Waals surface area contributed by atoms with E-state index in [1.807, 2.05) is 48.5 Å². The van der Waals surface area contributed by atoms with Crippen LogP contribution in [-0.4, -0.2) is 0 Å². The maximum atomic E-state index is 5.34. The van der Waals surface area contributed by atoms with Crippen LogP contribution in [0.25, 0.3) is 0 Å². The molecule has 2 aromatic rings. The molecule has 3 heteroatoms. The van der Waals surface area contributed by atoms with Crippen molar-refractivity contribution in [2.75, 3.05) is 0 Å². The number of hydrogen-bond donors (Lipinski definition) is 2. The Labute approximate surface area is 128 Å². The molecule has 2 aromatic carbocycles. The van der Waals surface area contributed by atoms with Gasteiger partial charge in [-0.05, 0) is 13.1 Å². The van der Waals surface area contributed by atoms with Gasteiger partial charge in [0.05, 0.1) is 0 Å². The van der Waals surface area contributed by atoms with E-state index >= 15 is 0 Å². The van der Waals surface area contributed by atoms with Crippen molar-refractivity contribution in [3.05, 3.63) is 71.8 Å².